The Morgan fingerprint density at radius 1 is 1.61 bits per heavy atom. The molecule has 0 bridgehead atoms. The van der Waals surface area contributed by atoms with Gasteiger partial charge in [-0.3, -0.25) is 9.00 Å². The van der Waals surface area contributed by atoms with E-state index in [-0.39, 0.29) is 5.75 Å². The van der Waals surface area contributed by atoms with Gasteiger partial charge in [-0.15, -0.1) is 0 Å². The fourth-order valence-electron chi connectivity index (χ4n) is 1.33. The summed E-state index contributed by atoms with van der Waals surface area (Å²) in [4.78, 5) is 10.7. The number of carbonyl (C=O) groups is 1. The number of rotatable bonds is 5. The lowest BCUT2D eigenvalue weighted by atomic mass is 10.1. The van der Waals surface area contributed by atoms with E-state index in [2.05, 4.69) is 0 Å². The zero-order valence-corrected chi connectivity index (χ0v) is 10.9. The SMILES string of the molecule is COc1ccc(CS(=O)C(C)C(=O)O)cc1C#N. The standard InChI is InChI=1S/C12H13NO4S/c1-8(12(14)15)18(16)7-9-3-4-11(17-2)10(5-9)6-13/h3-5,8H,7H2,1-2H3,(H,14,15). The number of hydrogen-bond acceptors (Lipinski definition) is 4. The first kappa shape index (κ1) is 14.2. The average molecular weight is 267 g/mol. The number of ether oxygens (including phenoxy) is 1. The van der Waals surface area contributed by atoms with Crippen LogP contribution in [0, 0.1) is 11.3 Å². The van der Waals surface area contributed by atoms with Gasteiger partial charge in [-0.2, -0.15) is 5.26 Å². The van der Waals surface area contributed by atoms with Crippen LogP contribution in [0.5, 0.6) is 5.75 Å². The van der Waals surface area contributed by atoms with Crippen molar-refractivity contribution >= 4 is 16.8 Å². The summed E-state index contributed by atoms with van der Waals surface area (Å²) in [6.07, 6.45) is 0. The Morgan fingerprint density at radius 3 is 2.78 bits per heavy atom. The minimum absolute atomic E-state index is 0.103. The quantitative estimate of drug-likeness (QED) is 0.868. The molecule has 2 unspecified atom stereocenters. The van der Waals surface area contributed by atoms with Crippen LogP contribution in [0.25, 0.3) is 0 Å². The van der Waals surface area contributed by atoms with Gasteiger partial charge in [-0.05, 0) is 24.6 Å². The average Bonchev–Trinajstić information content (AvgIpc) is 2.37. The number of carboxylic acid groups (broad SMARTS) is 1. The topological polar surface area (TPSA) is 87.4 Å². The third kappa shape index (κ3) is 3.31. The van der Waals surface area contributed by atoms with Crippen LogP contribution in [0.4, 0.5) is 0 Å². The zero-order chi connectivity index (χ0) is 13.7. The van der Waals surface area contributed by atoms with Crippen LogP contribution >= 0.6 is 0 Å². The smallest absolute Gasteiger partial charge is 0.318 e. The number of carboxylic acids is 1. The molecule has 0 saturated carbocycles. The summed E-state index contributed by atoms with van der Waals surface area (Å²) in [5, 5.41) is 16.7. The van der Waals surface area contributed by atoms with Crippen LogP contribution < -0.4 is 4.74 Å². The molecular weight excluding hydrogens is 254 g/mol. The first-order valence-corrected chi connectivity index (χ1v) is 6.54. The Hall–Kier alpha value is -1.87. The van der Waals surface area contributed by atoms with E-state index in [1.807, 2.05) is 6.07 Å². The van der Waals surface area contributed by atoms with E-state index in [0.717, 1.165) is 0 Å². The van der Waals surface area contributed by atoms with Crippen molar-refractivity contribution in [1.82, 2.24) is 0 Å². The minimum Gasteiger partial charge on any atom is -0.495 e. The van der Waals surface area contributed by atoms with Gasteiger partial charge in [0.25, 0.3) is 0 Å². The molecule has 0 radical (unpaired) electrons. The fraction of sp³-hybridized carbons (Fsp3) is 0.333. The van der Waals surface area contributed by atoms with Gasteiger partial charge in [0.15, 0.2) is 0 Å². The summed E-state index contributed by atoms with van der Waals surface area (Å²) in [5.74, 6) is -0.549. The van der Waals surface area contributed by atoms with Gasteiger partial charge in [0.1, 0.15) is 17.1 Å². The van der Waals surface area contributed by atoms with Crippen LogP contribution in [0.2, 0.25) is 0 Å². The number of hydrogen-bond donors (Lipinski definition) is 1. The highest BCUT2D eigenvalue weighted by atomic mass is 32.2. The molecule has 1 aromatic carbocycles. The first-order chi connectivity index (χ1) is 8.49. The van der Waals surface area contributed by atoms with Crippen molar-refractivity contribution in [1.29, 1.82) is 5.26 Å². The third-order valence-electron chi connectivity index (χ3n) is 2.44. The maximum Gasteiger partial charge on any atom is 0.318 e. The number of nitrogens with zero attached hydrogens (tertiary/aromatic N) is 1. The van der Waals surface area contributed by atoms with Crippen molar-refractivity contribution in [3.05, 3.63) is 29.3 Å². The molecule has 1 N–H and O–H groups in total. The Kier molecular flexibility index (Phi) is 4.86. The molecule has 1 rings (SSSR count). The van der Waals surface area contributed by atoms with Crippen molar-refractivity contribution in [2.45, 2.75) is 17.9 Å². The molecule has 1 aromatic rings. The summed E-state index contributed by atoms with van der Waals surface area (Å²) in [5.41, 5.74) is 0.994. The zero-order valence-electron chi connectivity index (χ0n) is 10.0. The van der Waals surface area contributed by atoms with Crippen LogP contribution in [0.1, 0.15) is 18.1 Å². The number of aliphatic carboxylic acids is 1. The van der Waals surface area contributed by atoms with Gasteiger partial charge in [-0.25, -0.2) is 0 Å². The number of nitriles is 1. The molecule has 0 aliphatic heterocycles. The Balaban J connectivity index is 2.90. The maximum absolute atomic E-state index is 11.7. The molecule has 0 spiro atoms. The second kappa shape index (κ2) is 6.17. The van der Waals surface area contributed by atoms with Crippen molar-refractivity contribution in [3.63, 3.8) is 0 Å². The molecule has 5 nitrogen and oxygen atoms in total. The number of benzene rings is 1. The van der Waals surface area contributed by atoms with Crippen LogP contribution in [-0.2, 0) is 21.3 Å². The van der Waals surface area contributed by atoms with Crippen LogP contribution in [-0.4, -0.2) is 27.6 Å². The summed E-state index contributed by atoms with van der Waals surface area (Å²) in [6.45, 7) is 1.40. The molecule has 0 saturated heterocycles. The van der Waals surface area contributed by atoms with E-state index in [1.165, 1.54) is 14.0 Å². The molecule has 0 amide bonds. The minimum atomic E-state index is -1.51. The van der Waals surface area contributed by atoms with Gasteiger partial charge in [0.05, 0.1) is 12.7 Å². The normalized spacial score (nSPS) is 13.4. The predicted molar refractivity (Wildman–Crippen MR) is 66.7 cm³/mol. The lowest BCUT2D eigenvalue weighted by Gasteiger charge is -2.08. The highest BCUT2D eigenvalue weighted by Crippen LogP contribution is 2.20. The monoisotopic (exact) mass is 267 g/mol. The van der Waals surface area contributed by atoms with Gasteiger partial charge in [0, 0.05) is 16.6 Å². The van der Waals surface area contributed by atoms with Gasteiger partial charge < -0.3 is 9.84 Å². The van der Waals surface area contributed by atoms with E-state index in [4.69, 9.17) is 15.1 Å². The van der Waals surface area contributed by atoms with Crippen molar-refractivity contribution in [3.8, 4) is 11.8 Å². The first-order valence-electron chi connectivity index (χ1n) is 5.16. The summed E-state index contributed by atoms with van der Waals surface area (Å²) < 4.78 is 16.7. The van der Waals surface area contributed by atoms with Crippen molar-refractivity contribution < 1.29 is 18.8 Å². The van der Waals surface area contributed by atoms with Crippen molar-refractivity contribution in [2.75, 3.05) is 7.11 Å². The van der Waals surface area contributed by atoms with Crippen molar-refractivity contribution in [2.24, 2.45) is 0 Å². The van der Waals surface area contributed by atoms with Crippen LogP contribution in [0.15, 0.2) is 18.2 Å². The summed E-state index contributed by atoms with van der Waals surface area (Å²) in [7, 11) is -0.0556. The molecule has 0 fully saturated rings. The lowest BCUT2D eigenvalue weighted by molar-refractivity contribution is -0.136. The van der Waals surface area contributed by atoms with E-state index in [1.54, 1.807) is 18.2 Å². The third-order valence-corrected chi connectivity index (χ3v) is 4.04. The second-order valence-electron chi connectivity index (χ2n) is 3.65. The number of methoxy groups -OCH3 is 1. The molecule has 2 atom stereocenters. The van der Waals surface area contributed by atoms with E-state index < -0.39 is 22.0 Å². The highest BCUT2D eigenvalue weighted by molar-refractivity contribution is 7.85. The Morgan fingerprint density at radius 2 is 2.28 bits per heavy atom. The van der Waals surface area contributed by atoms with E-state index >= 15 is 0 Å². The molecule has 0 heterocycles. The Bertz CT molecular complexity index is 521. The van der Waals surface area contributed by atoms with Crippen LogP contribution in [0.3, 0.4) is 0 Å². The molecule has 0 aromatic heterocycles. The Labute approximate surface area is 107 Å². The van der Waals surface area contributed by atoms with E-state index in [9.17, 15) is 9.00 Å². The predicted octanol–water partition coefficient (Wildman–Crippen LogP) is 1.29. The second-order valence-corrected chi connectivity index (χ2v) is 5.41. The molecule has 96 valence electrons. The molecule has 0 aliphatic rings. The summed E-state index contributed by atoms with van der Waals surface area (Å²) >= 11 is 0. The van der Waals surface area contributed by atoms with Gasteiger partial charge in [0.2, 0.25) is 0 Å². The van der Waals surface area contributed by atoms with Gasteiger partial charge in [-0.1, -0.05) is 6.07 Å². The molecular formula is C12H13NO4S. The van der Waals surface area contributed by atoms with Gasteiger partial charge >= 0.3 is 5.97 Å². The lowest BCUT2D eigenvalue weighted by Crippen LogP contribution is -2.22. The summed E-state index contributed by atoms with van der Waals surface area (Å²) in [6, 6.07) is 6.81. The molecule has 6 heteroatoms. The molecule has 18 heavy (non-hydrogen) atoms. The maximum atomic E-state index is 11.7. The molecule has 0 aliphatic carbocycles. The van der Waals surface area contributed by atoms with E-state index in [0.29, 0.717) is 16.9 Å². The highest BCUT2D eigenvalue weighted by Gasteiger charge is 2.19. The fourth-order valence-corrected chi connectivity index (χ4v) is 2.32. The largest absolute Gasteiger partial charge is 0.495 e.